The van der Waals surface area contributed by atoms with Gasteiger partial charge in [-0.3, -0.25) is 4.79 Å². The third-order valence-corrected chi connectivity index (χ3v) is 3.44. The van der Waals surface area contributed by atoms with Gasteiger partial charge in [0.15, 0.2) is 18.1 Å². The van der Waals surface area contributed by atoms with Crippen molar-refractivity contribution >= 4 is 17.6 Å². The Balaban J connectivity index is 2.08. The predicted molar refractivity (Wildman–Crippen MR) is 101 cm³/mol. The molecule has 27 heavy (non-hydrogen) atoms. The molecule has 7 heteroatoms. The van der Waals surface area contributed by atoms with Gasteiger partial charge in [-0.2, -0.15) is 0 Å². The quantitative estimate of drug-likeness (QED) is 0.661. The zero-order chi connectivity index (χ0) is 19.6. The Kier molecular flexibility index (Phi) is 7.49. The highest BCUT2D eigenvalue weighted by Crippen LogP contribution is 2.29. The molecule has 0 aliphatic rings. The van der Waals surface area contributed by atoms with Crippen LogP contribution in [0.2, 0.25) is 0 Å². The summed E-state index contributed by atoms with van der Waals surface area (Å²) in [5.41, 5.74) is 1.00. The molecule has 0 fully saturated rings. The summed E-state index contributed by atoms with van der Waals surface area (Å²) in [6, 6.07) is 11.7. The Morgan fingerprint density at radius 2 is 1.70 bits per heavy atom. The van der Waals surface area contributed by atoms with Crippen LogP contribution in [0.15, 0.2) is 42.5 Å². The summed E-state index contributed by atoms with van der Waals surface area (Å²) < 4.78 is 16.1. The summed E-state index contributed by atoms with van der Waals surface area (Å²) in [6.45, 7) is 4.33. The molecule has 0 saturated heterocycles. The minimum atomic E-state index is -1.09. The number of carboxylic acid groups (broad SMARTS) is 1. The molecule has 2 rings (SSSR count). The van der Waals surface area contributed by atoms with Gasteiger partial charge in [0.05, 0.1) is 13.2 Å². The minimum absolute atomic E-state index is 0.272. The summed E-state index contributed by atoms with van der Waals surface area (Å²) >= 11 is 0. The summed E-state index contributed by atoms with van der Waals surface area (Å²) in [6.07, 6.45) is 0.923. The third-order valence-electron chi connectivity index (χ3n) is 3.44. The summed E-state index contributed by atoms with van der Waals surface area (Å²) in [7, 11) is 0. The van der Waals surface area contributed by atoms with Gasteiger partial charge in [-0.1, -0.05) is 6.92 Å². The molecule has 2 aromatic carbocycles. The van der Waals surface area contributed by atoms with E-state index in [-0.39, 0.29) is 11.7 Å². The highest BCUT2D eigenvalue weighted by molar-refractivity contribution is 6.04. The smallest absolute Gasteiger partial charge is 0.341 e. The number of ether oxygens (including phenoxy) is 3. The van der Waals surface area contributed by atoms with E-state index < -0.39 is 12.6 Å². The van der Waals surface area contributed by atoms with Gasteiger partial charge in [-0.05, 0) is 55.8 Å². The lowest BCUT2D eigenvalue weighted by Crippen LogP contribution is -2.13. The number of hydrogen-bond acceptors (Lipinski definition) is 5. The van der Waals surface area contributed by atoms with Crippen LogP contribution in [0.4, 0.5) is 5.69 Å². The monoisotopic (exact) mass is 373 g/mol. The first-order valence-electron chi connectivity index (χ1n) is 8.69. The molecule has 0 aliphatic heterocycles. The van der Waals surface area contributed by atoms with E-state index in [0.717, 1.165) is 12.2 Å². The Labute approximate surface area is 157 Å². The van der Waals surface area contributed by atoms with Crippen molar-refractivity contribution in [2.75, 3.05) is 25.1 Å². The number of rotatable bonds is 10. The fourth-order valence-corrected chi connectivity index (χ4v) is 2.23. The molecule has 0 unspecified atom stereocenters. The van der Waals surface area contributed by atoms with Crippen LogP contribution in [0.3, 0.4) is 0 Å². The van der Waals surface area contributed by atoms with Gasteiger partial charge in [0.2, 0.25) is 0 Å². The molecule has 0 saturated carbocycles. The van der Waals surface area contributed by atoms with Gasteiger partial charge >= 0.3 is 5.97 Å². The minimum Gasteiger partial charge on any atom is -0.494 e. The number of aliphatic carboxylic acids is 1. The van der Waals surface area contributed by atoms with Gasteiger partial charge in [0, 0.05) is 11.3 Å². The van der Waals surface area contributed by atoms with Gasteiger partial charge in [-0.15, -0.1) is 0 Å². The molecule has 2 aromatic rings. The van der Waals surface area contributed by atoms with E-state index in [0.29, 0.717) is 30.2 Å². The van der Waals surface area contributed by atoms with Crippen molar-refractivity contribution in [3.63, 3.8) is 0 Å². The standard InChI is InChI=1S/C20H23NO6/c1-3-11-26-16-8-6-15(7-9-16)21-20(24)14-5-10-17(27-13-19(22)23)18(12-14)25-4-2/h5-10,12H,3-4,11,13H2,1-2H3,(H,21,24)(H,22,23). The zero-order valence-corrected chi connectivity index (χ0v) is 15.4. The van der Waals surface area contributed by atoms with Crippen LogP contribution in [-0.4, -0.2) is 36.8 Å². The molecular formula is C20H23NO6. The van der Waals surface area contributed by atoms with Gasteiger partial charge < -0.3 is 24.6 Å². The van der Waals surface area contributed by atoms with Crippen molar-refractivity contribution in [1.82, 2.24) is 0 Å². The van der Waals surface area contributed by atoms with Crippen molar-refractivity contribution in [2.24, 2.45) is 0 Å². The summed E-state index contributed by atoms with van der Waals surface area (Å²) in [5, 5.41) is 11.5. The Hall–Kier alpha value is -3.22. The van der Waals surface area contributed by atoms with Crippen LogP contribution in [0.25, 0.3) is 0 Å². The molecule has 0 atom stereocenters. The molecular weight excluding hydrogens is 350 g/mol. The van der Waals surface area contributed by atoms with Crippen molar-refractivity contribution in [3.8, 4) is 17.2 Å². The van der Waals surface area contributed by atoms with Crippen LogP contribution >= 0.6 is 0 Å². The third kappa shape index (κ3) is 6.22. The predicted octanol–water partition coefficient (Wildman–Crippen LogP) is 3.59. The Morgan fingerprint density at radius 3 is 2.33 bits per heavy atom. The fraction of sp³-hybridized carbons (Fsp3) is 0.300. The summed E-state index contributed by atoms with van der Waals surface area (Å²) in [4.78, 5) is 23.1. The maximum Gasteiger partial charge on any atom is 0.341 e. The second-order valence-electron chi connectivity index (χ2n) is 5.60. The first-order chi connectivity index (χ1) is 13.0. The maximum atomic E-state index is 12.5. The van der Waals surface area contributed by atoms with Gasteiger partial charge in [0.25, 0.3) is 5.91 Å². The first kappa shape index (κ1) is 20.1. The van der Waals surface area contributed by atoms with E-state index in [1.807, 2.05) is 6.92 Å². The van der Waals surface area contributed by atoms with Crippen LogP contribution in [0, 0.1) is 0 Å². The van der Waals surface area contributed by atoms with E-state index in [4.69, 9.17) is 19.3 Å². The van der Waals surface area contributed by atoms with Crippen molar-refractivity contribution in [2.45, 2.75) is 20.3 Å². The second kappa shape index (κ2) is 10.1. The number of carbonyl (C=O) groups excluding carboxylic acids is 1. The SMILES string of the molecule is CCCOc1ccc(NC(=O)c2ccc(OCC(=O)O)c(OCC)c2)cc1. The van der Waals surface area contributed by atoms with E-state index >= 15 is 0 Å². The number of nitrogens with one attached hydrogen (secondary N) is 1. The maximum absolute atomic E-state index is 12.5. The average Bonchev–Trinajstić information content (AvgIpc) is 2.66. The normalized spacial score (nSPS) is 10.1. The lowest BCUT2D eigenvalue weighted by atomic mass is 10.1. The molecule has 1 amide bonds. The second-order valence-corrected chi connectivity index (χ2v) is 5.60. The molecule has 144 valence electrons. The van der Waals surface area contributed by atoms with Crippen molar-refractivity contribution in [3.05, 3.63) is 48.0 Å². The van der Waals surface area contributed by atoms with Crippen LogP contribution in [0.1, 0.15) is 30.6 Å². The molecule has 0 aliphatic carbocycles. The molecule has 7 nitrogen and oxygen atoms in total. The number of benzene rings is 2. The Bertz CT molecular complexity index is 773. The number of amides is 1. The first-order valence-corrected chi connectivity index (χ1v) is 8.69. The van der Waals surface area contributed by atoms with Crippen molar-refractivity contribution < 1.29 is 28.9 Å². The van der Waals surface area contributed by atoms with Crippen molar-refractivity contribution in [1.29, 1.82) is 0 Å². The molecule has 0 heterocycles. The van der Waals surface area contributed by atoms with Crippen LogP contribution in [0.5, 0.6) is 17.2 Å². The lowest BCUT2D eigenvalue weighted by molar-refractivity contribution is -0.139. The van der Waals surface area contributed by atoms with E-state index in [1.54, 1.807) is 37.3 Å². The van der Waals surface area contributed by atoms with Crippen LogP contribution < -0.4 is 19.5 Å². The number of carbonyl (C=O) groups is 2. The number of carboxylic acids is 1. The fourth-order valence-electron chi connectivity index (χ4n) is 2.23. The highest BCUT2D eigenvalue weighted by Gasteiger charge is 2.13. The average molecular weight is 373 g/mol. The number of anilines is 1. The van der Waals surface area contributed by atoms with Gasteiger partial charge in [0.1, 0.15) is 5.75 Å². The largest absolute Gasteiger partial charge is 0.494 e. The molecule has 0 aromatic heterocycles. The van der Waals surface area contributed by atoms with E-state index in [2.05, 4.69) is 5.32 Å². The van der Waals surface area contributed by atoms with E-state index in [9.17, 15) is 9.59 Å². The molecule has 0 radical (unpaired) electrons. The Morgan fingerprint density at radius 1 is 0.963 bits per heavy atom. The highest BCUT2D eigenvalue weighted by atomic mass is 16.5. The molecule has 0 bridgehead atoms. The zero-order valence-electron chi connectivity index (χ0n) is 15.4. The van der Waals surface area contributed by atoms with E-state index in [1.165, 1.54) is 12.1 Å². The summed E-state index contributed by atoms with van der Waals surface area (Å²) in [5.74, 6) is -0.0788. The number of hydrogen-bond donors (Lipinski definition) is 2. The van der Waals surface area contributed by atoms with Crippen LogP contribution in [-0.2, 0) is 4.79 Å². The topological polar surface area (TPSA) is 94.1 Å². The lowest BCUT2D eigenvalue weighted by Gasteiger charge is -2.13. The molecule has 2 N–H and O–H groups in total. The van der Waals surface area contributed by atoms with Gasteiger partial charge in [-0.25, -0.2) is 4.79 Å². The molecule has 0 spiro atoms.